The molecule has 0 fully saturated rings. The molecule has 0 bridgehead atoms. The minimum atomic E-state index is -0.391. The molecule has 19 heavy (non-hydrogen) atoms. The summed E-state index contributed by atoms with van der Waals surface area (Å²) in [5.41, 5.74) is 0.577. The number of carbonyl (C=O) groups excluding carboxylic acids is 2. The number of benzene rings is 1. The second kappa shape index (κ2) is 5.71. The fraction of sp³-hybridized carbons (Fsp3) is 0.0769. The van der Waals surface area contributed by atoms with E-state index in [-0.39, 0.29) is 11.7 Å². The zero-order chi connectivity index (χ0) is 13.8. The molecule has 0 aliphatic carbocycles. The van der Waals surface area contributed by atoms with E-state index >= 15 is 0 Å². The van der Waals surface area contributed by atoms with Gasteiger partial charge in [0.15, 0.2) is 10.4 Å². The molecule has 2 aromatic rings. The molecule has 1 N–H and O–H groups in total. The average molecular weight is 324 g/mol. The van der Waals surface area contributed by atoms with Crippen LogP contribution < -0.4 is 10.1 Å². The Balaban J connectivity index is 2.03. The topological polar surface area (TPSA) is 68.5 Å². The third kappa shape index (κ3) is 3.69. The molecular weight excluding hydrogens is 314 g/mol. The summed E-state index contributed by atoms with van der Waals surface area (Å²) in [4.78, 5) is 22.5. The van der Waals surface area contributed by atoms with Gasteiger partial charge in [-0.1, -0.05) is 0 Å². The summed E-state index contributed by atoms with van der Waals surface area (Å²) in [5.74, 6) is -0.120. The number of furan rings is 1. The molecule has 0 unspecified atom stereocenters. The predicted octanol–water partition coefficient (Wildman–Crippen LogP) is 3.22. The molecule has 5 nitrogen and oxygen atoms in total. The van der Waals surface area contributed by atoms with Crippen LogP contribution in [0.25, 0.3) is 0 Å². The van der Waals surface area contributed by atoms with Crippen molar-refractivity contribution in [2.45, 2.75) is 6.92 Å². The van der Waals surface area contributed by atoms with Crippen LogP contribution in [0.4, 0.5) is 5.69 Å². The fourth-order valence-electron chi connectivity index (χ4n) is 1.40. The molecule has 0 atom stereocenters. The lowest BCUT2D eigenvalue weighted by Crippen LogP contribution is -2.10. The van der Waals surface area contributed by atoms with Crippen molar-refractivity contribution in [3.63, 3.8) is 0 Å². The molecular formula is C13H10BrNO4. The van der Waals surface area contributed by atoms with E-state index in [2.05, 4.69) is 21.2 Å². The van der Waals surface area contributed by atoms with E-state index in [1.807, 2.05) is 0 Å². The molecule has 1 amide bonds. The van der Waals surface area contributed by atoms with Gasteiger partial charge in [-0.2, -0.15) is 0 Å². The Kier molecular flexibility index (Phi) is 4.01. The third-order valence-electron chi connectivity index (χ3n) is 2.17. The number of hydrogen-bond acceptors (Lipinski definition) is 4. The second-order valence-electron chi connectivity index (χ2n) is 3.68. The van der Waals surface area contributed by atoms with Gasteiger partial charge in [-0.25, -0.2) is 0 Å². The van der Waals surface area contributed by atoms with Crippen LogP contribution in [0.15, 0.2) is 45.5 Å². The number of carbonyl (C=O) groups is 2. The summed E-state index contributed by atoms with van der Waals surface area (Å²) in [6, 6.07) is 9.65. The zero-order valence-electron chi connectivity index (χ0n) is 9.98. The van der Waals surface area contributed by atoms with Gasteiger partial charge >= 0.3 is 5.97 Å². The molecule has 0 saturated carbocycles. The van der Waals surface area contributed by atoms with E-state index in [9.17, 15) is 9.59 Å². The third-order valence-corrected chi connectivity index (χ3v) is 2.60. The van der Waals surface area contributed by atoms with E-state index in [0.29, 0.717) is 16.1 Å². The van der Waals surface area contributed by atoms with Crippen molar-refractivity contribution in [1.29, 1.82) is 0 Å². The van der Waals surface area contributed by atoms with Crippen molar-refractivity contribution in [3.8, 4) is 5.75 Å². The van der Waals surface area contributed by atoms with Crippen molar-refractivity contribution in [3.05, 3.63) is 46.8 Å². The molecule has 0 aliphatic rings. The number of halogens is 1. The molecule has 1 heterocycles. The molecule has 0 aliphatic heterocycles. The molecule has 0 radical (unpaired) electrons. The van der Waals surface area contributed by atoms with E-state index in [0.717, 1.165) is 0 Å². The van der Waals surface area contributed by atoms with Gasteiger partial charge < -0.3 is 14.5 Å². The molecule has 6 heteroatoms. The standard InChI is InChI=1S/C13H10BrNO4/c1-8(16)18-10-4-2-9(3-5-10)15-13(17)11-6-7-12(14)19-11/h2-7H,1H3,(H,15,17). The highest BCUT2D eigenvalue weighted by molar-refractivity contribution is 9.10. The SMILES string of the molecule is CC(=O)Oc1ccc(NC(=O)c2ccc(Br)o2)cc1. The second-order valence-corrected chi connectivity index (χ2v) is 4.46. The Morgan fingerprint density at radius 3 is 2.37 bits per heavy atom. The van der Waals surface area contributed by atoms with Crippen LogP contribution in [-0.2, 0) is 4.79 Å². The van der Waals surface area contributed by atoms with Crippen LogP contribution in [0.2, 0.25) is 0 Å². The van der Waals surface area contributed by atoms with Gasteiger partial charge in [-0.3, -0.25) is 9.59 Å². The van der Waals surface area contributed by atoms with Crippen LogP contribution in [0.5, 0.6) is 5.75 Å². The number of hydrogen-bond donors (Lipinski definition) is 1. The summed E-state index contributed by atoms with van der Waals surface area (Å²) in [6.07, 6.45) is 0. The lowest BCUT2D eigenvalue weighted by atomic mass is 10.3. The maximum absolute atomic E-state index is 11.8. The molecule has 0 saturated heterocycles. The number of amides is 1. The first-order chi connectivity index (χ1) is 9.04. The normalized spacial score (nSPS) is 10.0. The van der Waals surface area contributed by atoms with Crippen molar-refractivity contribution in [2.24, 2.45) is 0 Å². The monoisotopic (exact) mass is 323 g/mol. The smallest absolute Gasteiger partial charge is 0.308 e. The number of rotatable bonds is 3. The summed E-state index contributed by atoms with van der Waals surface area (Å²) in [6.45, 7) is 1.32. The van der Waals surface area contributed by atoms with Gasteiger partial charge in [0, 0.05) is 12.6 Å². The Morgan fingerprint density at radius 1 is 1.16 bits per heavy atom. The van der Waals surface area contributed by atoms with Gasteiger partial charge in [0.05, 0.1) is 0 Å². The van der Waals surface area contributed by atoms with E-state index < -0.39 is 5.97 Å². The van der Waals surface area contributed by atoms with Crippen molar-refractivity contribution >= 4 is 33.5 Å². The van der Waals surface area contributed by atoms with Crippen LogP contribution in [0.1, 0.15) is 17.5 Å². The summed E-state index contributed by atoms with van der Waals surface area (Å²) in [5, 5.41) is 2.66. The minimum absolute atomic E-state index is 0.205. The zero-order valence-corrected chi connectivity index (χ0v) is 11.6. The Morgan fingerprint density at radius 2 is 1.84 bits per heavy atom. The number of esters is 1. The highest BCUT2D eigenvalue weighted by atomic mass is 79.9. The van der Waals surface area contributed by atoms with Crippen LogP contribution >= 0.6 is 15.9 Å². The Bertz CT molecular complexity index is 603. The molecule has 2 rings (SSSR count). The molecule has 1 aromatic carbocycles. The lowest BCUT2D eigenvalue weighted by Gasteiger charge is -2.05. The first-order valence-electron chi connectivity index (χ1n) is 5.40. The average Bonchev–Trinajstić information content (AvgIpc) is 2.78. The quantitative estimate of drug-likeness (QED) is 0.695. The summed E-state index contributed by atoms with van der Waals surface area (Å²) >= 11 is 3.12. The number of ether oxygens (including phenoxy) is 1. The lowest BCUT2D eigenvalue weighted by molar-refractivity contribution is -0.131. The van der Waals surface area contributed by atoms with Crippen LogP contribution in [0.3, 0.4) is 0 Å². The van der Waals surface area contributed by atoms with E-state index in [1.165, 1.54) is 6.92 Å². The Labute approximate surface area is 117 Å². The van der Waals surface area contributed by atoms with Gasteiger partial charge in [0.2, 0.25) is 0 Å². The predicted molar refractivity (Wildman–Crippen MR) is 72.1 cm³/mol. The van der Waals surface area contributed by atoms with Crippen molar-refractivity contribution < 1.29 is 18.7 Å². The Hall–Kier alpha value is -2.08. The summed E-state index contributed by atoms with van der Waals surface area (Å²) < 4.78 is 10.5. The maximum Gasteiger partial charge on any atom is 0.308 e. The first-order valence-corrected chi connectivity index (χ1v) is 6.19. The van der Waals surface area contributed by atoms with Gasteiger partial charge in [0.25, 0.3) is 5.91 Å². The number of nitrogens with one attached hydrogen (secondary N) is 1. The molecule has 1 aromatic heterocycles. The van der Waals surface area contributed by atoms with Crippen molar-refractivity contribution in [2.75, 3.05) is 5.32 Å². The minimum Gasteiger partial charge on any atom is -0.444 e. The van der Waals surface area contributed by atoms with Crippen LogP contribution in [-0.4, -0.2) is 11.9 Å². The van der Waals surface area contributed by atoms with Gasteiger partial charge in [-0.05, 0) is 52.3 Å². The maximum atomic E-state index is 11.8. The van der Waals surface area contributed by atoms with Gasteiger partial charge in [0.1, 0.15) is 5.75 Å². The number of anilines is 1. The van der Waals surface area contributed by atoms with E-state index in [1.54, 1.807) is 36.4 Å². The van der Waals surface area contributed by atoms with Crippen LogP contribution in [0, 0.1) is 0 Å². The molecule has 0 spiro atoms. The van der Waals surface area contributed by atoms with Crippen molar-refractivity contribution in [1.82, 2.24) is 0 Å². The van der Waals surface area contributed by atoms with E-state index in [4.69, 9.17) is 9.15 Å². The summed E-state index contributed by atoms with van der Waals surface area (Å²) in [7, 11) is 0. The highest BCUT2D eigenvalue weighted by Crippen LogP contribution is 2.18. The highest BCUT2D eigenvalue weighted by Gasteiger charge is 2.10. The van der Waals surface area contributed by atoms with Gasteiger partial charge in [-0.15, -0.1) is 0 Å². The fourth-order valence-corrected chi connectivity index (χ4v) is 1.71. The largest absolute Gasteiger partial charge is 0.444 e. The first kappa shape index (κ1) is 13.4. The molecule has 98 valence electrons.